The number of carbonyl (C=O) groups is 1. The molecule has 0 unspecified atom stereocenters. The lowest BCUT2D eigenvalue weighted by molar-refractivity contribution is 0.0642. The Morgan fingerprint density at radius 1 is 1.37 bits per heavy atom. The number of piperazine rings is 1. The van der Waals surface area contributed by atoms with E-state index in [1.807, 2.05) is 6.08 Å². The summed E-state index contributed by atoms with van der Waals surface area (Å²) in [4.78, 5) is 21.0. The molecule has 2 aromatic rings. The Hall–Kier alpha value is -2.26. The average Bonchev–Trinajstić information content (AvgIpc) is 3.19. The Morgan fingerprint density at radius 3 is 2.80 bits per heavy atom. The van der Waals surface area contributed by atoms with Crippen LogP contribution < -0.4 is 5.32 Å². The van der Waals surface area contributed by atoms with Gasteiger partial charge >= 0.3 is 0 Å². The quantitative estimate of drug-likeness (QED) is 0.587. The van der Waals surface area contributed by atoms with E-state index in [1.165, 1.54) is 24.5 Å². The van der Waals surface area contributed by atoms with Crippen LogP contribution in [0.5, 0.6) is 0 Å². The summed E-state index contributed by atoms with van der Waals surface area (Å²) in [7, 11) is 0. The number of allylic oxidation sites excluding steroid dienone is 1. The molecule has 1 amide bonds. The Labute approximate surface area is 180 Å². The van der Waals surface area contributed by atoms with Gasteiger partial charge in [-0.05, 0) is 31.0 Å². The molecular weight excluding hydrogens is 411 g/mol. The Bertz CT molecular complexity index is 868. The number of aliphatic hydroxyl groups excluding tert-OH is 1. The molecule has 2 N–H and O–H groups in total. The van der Waals surface area contributed by atoms with Crippen LogP contribution in [0.4, 0.5) is 10.1 Å². The topological polar surface area (TPSA) is 81.8 Å². The van der Waals surface area contributed by atoms with Crippen LogP contribution in [0.15, 0.2) is 41.5 Å². The summed E-state index contributed by atoms with van der Waals surface area (Å²) in [6.07, 6.45) is 4.34. The van der Waals surface area contributed by atoms with Gasteiger partial charge in [-0.1, -0.05) is 17.7 Å². The maximum atomic E-state index is 13.2. The zero-order valence-electron chi connectivity index (χ0n) is 16.7. The number of β-amino-alcohol motifs (C(OH)–C–C–N with tert-alkyl or cyclic N) is 1. The molecule has 0 aliphatic carbocycles. The highest BCUT2D eigenvalue weighted by Gasteiger charge is 2.21. The van der Waals surface area contributed by atoms with Gasteiger partial charge < -0.3 is 14.8 Å². The normalized spacial score (nSPS) is 16.4. The average molecular weight is 437 g/mol. The van der Waals surface area contributed by atoms with E-state index in [9.17, 15) is 14.3 Å². The van der Waals surface area contributed by atoms with Crippen LogP contribution in [-0.2, 0) is 6.54 Å². The van der Waals surface area contributed by atoms with Crippen molar-refractivity contribution in [3.8, 4) is 0 Å². The van der Waals surface area contributed by atoms with Gasteiger partial charge in [0.25, 0.3) is 5.91 Å². The number of oxazole rings is 1. The first-order valence-corrected chi connectivity index (χ1v) is 10.3. The predicted octanol–water partition coefficient (Wildman–Crippen LogP) is 3.16. The molecule has 1 fully saturated rings. The van der Waals surface area contributed by atoms with Gasteiger partial charge in [-0.15, -0.1) is 6.58 Å². The van der Waals surface area contributed by atoms with E-state index in [-0.39, 0.29) is 16.8 Å². The Morgan fingerprint density at radius 2 is 2.10 bits per heavy atom. The summed E-state index contributed by atoms with van der Waals surface area (Å²) in [5.41, 5.74) is 0.525. The number of benzene rings is 1. The van der Waals surface area contributed by atoms with Crippen molar-refractivity contribution in [1.82, 2.24) is 14.8 Å². The highest BCUT2D eigenvalue weighted by molar-refractivity contribution is 6.31. The number of hydrogen-bond donors (Lipinski definition) is 2. The van der Waals surface area contributed by atoms with Gasteiger partial charge in [0.15, 0.2) is 5.69 Å². The van der Waals surface area contributed by atoms with Crippen LogP contribution in [0, 0.1) is 5.82 Å². The fourth-order valence-corrected chi connectivity index (χ4v) is 3.46. The van der Waals surface area contributed by atoms with E-state index in [2.05, 4.69) is 26.7 Å². The number of aliphatic hydroxyl groups is 1. The Balaban J connectivity index is 1.46. The molecule has 0 radical (unpaired) electrons. The molecular formula is C21H26ClFN4O3. The summed E-state index contributed by atoms with van der Waals surface area (Å²) in [6, 6.07) is 3.95. The molecule has 1 aliphatic heterocycles. The lowest BCUT2D eigenvalue weighted by Gasteiger charge is -2.34. The number of amides is 1. The molecule has 1 saturated heterocycles. The summed E-state index contributed by atoms with van der Waals surface area (Å²) < 4.78 is 18.7. The van der Waals surface area contributed by atoms with Crippen LogP contribution in [0.3, 0.4) is 0 Å². The molecule has 2 heterocycles. The summed E-state index contributed by atoms with van der Waals surface area (Å²) in [5, 5.41) is 12.6. The number of hydrogen-bond acceptors (Lipinski definition) is 6. The largest absolute Gasteiger partial charge is 0.447 e. The predicted molar refractivity (Wildman–Crippen MR) is 113 cm³/mol. The van der Waals surface area contributed by atoms with Gasteiger partial charge in [-0.25, -0.2) is 9.37 Å². The van der Waals surface area contributed by atoms with E-state index in [1.54, 1.807) is 0 Å². The van der Waals surface area contributed by atoms with Crippen molar-refractivity contribution in [1.29, 1.82) is 0 Å². The third-order valence-corrected chi connectivity index (χ3v) is 5.25. The minimum absolute atomic E-state index is 0.0685. The number of aromatic nitrogens is 1. The first kappa shape index (κ1) is 22.4. The molecule has 1 aromatic heterocycles. The number of nitrogens with one attached hydrogen (secondary N) is 1. The second-order valence-electron chi connectivity index (χ2n) is 7.31. The first-order valence-electron chi connectivity index (χ1n) is 9.89. The van der Waals surface area contributed by atoms with Gasteiger partial charge in [0.2, 0.25) is 5.89 Å². The molecule has 9 heteroatoms. The smallest absolute Gasteiger partial charge is 0.277 e. The Kier molecular flexibility index (Phi) is 7.98. The van der Waals surface area contributed by atoms with Crippen molar-refractivity contribution >= 4 is 23.2 Å². The standard InChI is InChI=1S/C21H26ClFN4O3/c1-2-3-4-16(28)12-26-7-9-27(10-8-26)13-20-25-19(14-30-20)21(29)24-15-5-6-18(23)17(22)11-15/h2,5-6,11,14,16,28H,1,3-4,7-10,12-13H2,(H,24,29)/t16-/m1/s1. The molecule has 1 atom stereocenters. The van der Waals surface area contributed by atoms with E-state index >= 15 is 0 Å². The van der Waals surface area contributed by atoms with Crippen LogP contribution in [0.1, 0.15) is 29.2 Å². The van der Waals surface area contributed by atoms with Gasteiger partial charge in [-0.2, -0.15) is 0 Å². The zero-order valence-corrected chi connectivity index (χ0v) is 17.4. The summed E-state index contributed by atoms with van der Waals surface area (Å²) in [5.74, 6) is -0.549. The van der Waals surface area contributed by atoms with Crippen molar-refractivity contribution in [3.63, 3.8) is 0 Å². The SMILES string of the molecule is C=CCC[C@@H](O)CN1CCN(Cc2nc(C(=O)Nc3ccc(F)c(Cl)c3)co2)CC1. The molecule has 162 valence electrons. The van der Waals surface area contributed by atoms with E-state index in [0.717, 1.165) is 39.0 Å². The van der Waals surface area contributed by atoms with Crippen molar-refractivity contribution in [2.75, 3.05) is 38.0 Å². The molecule has 0 saturated carbocycles. The first-order chi connectivity index (χ1) is 14.4. The number of rotatable bonds is 9. The van der Waals surface area contributed by atoms with Crippen molar-refractivity contribution in [3.05, 3.63) is 59.5 Å². The number of carbonyl (C=O) groups excluding carboxylic acids is 1. The number of anilines is 1. The van der Waals surface area contributed by atoms with Crippen molar-refractivity contribution < 1.29 is 18.7 Å². The van der Waals surface area contributed by atoms with Gasteiger partial charge in [0.1, 0.15) is 12.1 Å². The van der Waals surface area contributed by atoms with Gasteiger partial charge in [0, 0.05) is 38.4 Å². The van der Waals surface area contributed by atoms with Gasteiger partial charge in [-0.3, -0.25) is 14.6 Å². The second-order valence-corrected chi connectivity index (χ2v) is 7.71. The summed E-state index contributed by atoms with van der Waals surface area (Å²) in [6.45, 7) is 8.20. The maximum Gasteiger partial charge on any atom is 0.277 e. The van der Waals surface area contributed by atoms with Crippen molar-refractivity contribution in [2.45, 2.75) is 25.5 Å². The molecule has 30 heavy (non-hydrogen) atoms. The molecule has 0 bridgehead atoms. The molecule has 3 rings (SSSR count). The second kappa shape index (κ2) is 10.7. The lowest BCUT2D eigenvalue weighted by atomic mass is 10.1. The fraction of sp³-hybridized carbons (Fsp3) is 0.429. The van der Waals surface area contributed by atoms with E-state index in [4.69, 9.17) is 16.0 Å². The lowest BCUT2D eigenvalue weighted by Crippen LogP contribution is -2.48. The van der Waals surface area contributed by atoms with E-state index in [0.29, 0.717) is 24.7 Å². The monoisotopic (exact) mass is 436 g/mol. The summed E-state index contributed by atoms with van der Waals surface area (Å²) >= 11 is 5.73. The van der Waals surface area contributed by atoms with E-state index < -0.39 is 11.7 Å². The van der Waals surface area contributed by atoms with Crippen LogP contribution >= 0.6 is 11.6 Å². The minimum atomic E-state index is -0.551. The number of halogens is 2. The maximum absolute atomic E-state index is 13.2. The molecule has 1 aromatic carbocycles. The fourth-order valence-electron chi connectivity index (χ4n) is 3.28. The molecule has 7 nitrogen and oxygen atoms in total. The third kappa shape index (κ3) is 6.37. The van der Waals surface area contributed by atoms with Crippen molar-refractivity contribution in [2.24, 2.45) is 0 Å². The number of nitrogens with zero attached hydrogens (tertiary/aromatic N) is 3. The van der Waals surface area contributed by atoms with Crippen LogP contribution in [-0.4, -0.2) is 64.6 Å². The zero-order chi connectivity index (χ0) is 21.5. The van der Waals surface area contributed by atoms with Gasteiger partial charge in [0.05, 0.1) is 17.7 Å². The molecule has 0 spiro atoms. The molecule has 1 aliphatic rings. The highest BCUT2D eigenvalue weighted by atomic mass is 35.5. The highest BCUT2D eigenvalue weighted by Crippen LogP contribution is 2.20. The minimum Gasteiger partial charge on any atom is -0.447 e. The van der Waals surface area contributed by atoms with Crippen LogP contribution in [0.25, 0.3) is 0 Å². The third-order valence-electron chi connectivity index (χ3n) is 4.96. The van der Waals surface area contributed by atoms with Crippen LogP contribution in [0.2, 0.25) is 5.02 Å².